The molecule has 224 valence electrons. The van der Waals surface area contributed by atoms with Gasteiger partial charge < -0.3 is 9.80 Å². The molecule has 1 aliphatic heterocycles. The summed E-state index contributed by atoms with van der Waals surface area (Å²) in [6.07, 6.45) is 4.55. The lowest BCUT2D eigenvalue weighted by atomic mass is 10.0. The number of fused-ring (bicyclic) bond motifs is 1. The molecule has 4 heterocycles. The van der Waals surface area contributed by atoms with Crippen LogP contribution in [0.1, 0.15) is 37.9 Å². The van der Waals surface area contributed by atoms with E-state index in [1.54, 1.807) is 23.4 Å². The molecular weight excluding hydrogens is 577 g/mol. The molecule has 8 nitrogen and oxygen atoms in total. The van der Waals surface area contributed by atoms with E-state index >= 15 is 8.78 Å². The van der Waals surface area contributed by atoms with Crippen LogP contribution in [0.4, 0.5) is 19.0 Å². The molecule has 1 aromatic carbocycles. The smallest absolute Gasteiger partial charge is 0.350 e. The molecule has 4 aromatic rings. The molecule has 1 aliphatic rings. The Kier molecular flexibility index (Phi) is 8.33. The minimum absolute atomic E-state index is 0.0249. The van der Waals surface area contributed by atoms with Crippen LogP contribution in [0.5, 0.6) is 0 Å². The van der Waals surface area contributed by atoms with Gasteiger partial charge in [-0.1, -0.05) is 20.4 Å². The molecule has 0 N–H and O–H groups in total. The van der Waals surface area contributed by atoms with Crippen molar-refractivity contribution in [2.75, 3.05) is 30.8 Å². The molecule has 12 heteroatoms. The molecule has 0 radical (unpaired) electrons. The van der Waals surface area contributed by atoms with Crippen LogP contribution in [0.15, 0.2) is 52.8 Å². The van der Waals surface area contributed by atoms with Crippen molar-refractivity contribution in [3.63, 3.8) is 0 Å². The van der Waals surface area contributed by atoms with Crippen molar-refractivity contribution in [3.05, 3.63) is 82.3 Å². The molecule has 1 amide bonds. The van der Waals surface area contributed by atoms with E-state index in [0.717, 1.165) is 17.8 Å². The third kappa shape index (κ3) is 5.28. The minimum atomic E-state index is -1.24. The number of hydrogen-bond donors (Lipinski definition) is 0. The third-order valence-electron chi connectivity index (χ3n) is 7.63. The zero-order valence-corrected chi connectivity index (χ0v) is 25.3. The zero-order chi connectivity index (χ0) is 31.2. The van der Waals surface area contributed by atoms with Gasteiger partial charge in [-0.2, -0.15) is 4.98 Å². The molecular formula is C31H31F3N6O2S. The van der Waals surface area contributed by atoms with Gasteiger partial charge in [-0.05, 0) is 61.9 Å². The fourth-order valence-corrected chi connectivity index (χ4v) is 6.11. The van der Waals surface area contributed by atoms with Crippen molar-refractivity contribution in [2.24, 2.45) is 0 Å². The number of rotatable bonds is 6. The summed E-state index contributed by atoms with van der Waals surface area (Å²) in [6, 6.07) is 4.96. The molecule has 1 atom stereocenters. The van der Waals surface area contributed by atoms with Gasteiger partial charge in [0.15, 0.2) is 23.1 Å². The van der Waals surface area contributed by atoms with Crippen molar-refractivity contribution in [1.29, 1.82) is 0 Å². The van der Waals surface area contributed by atoms with E-state index < -0.39 is 28.8 Å². The second kappa shape index (κ2) is 11.8. The third-order valence-corrected chi connectivity index (χ3v) is 8.41. The van der Waals surface area contributed by atoms with E-state index in [0.29, 0.717) is 36.6 Å². The van der Waals surface area contributed by atoms with Gasteiger partial charge in [0.05, 0.1) is 22.3 Å². The first kappa shape index (κ1) is 30.3. The monoisotopic (exact) mass is 608 g/mol. The number of benzene rings is 1. The van der Waals surface area contributed by atoms with Crippen LogP contribution in [0.2, 0.25) is 0 Å². The highest BCUT2D eigenvalue weighted by atomic mass is 32.2. The number of halogens is 3. The highest BCUT2D eigenvalue weighted by Gasteiger charge is 2.31. The summed E-state index contributed by atoms with van der Waals surface area (Å²) in [5.74, 6) is -3.42. The maximum atomic E-state index is 16.0. The van der Waals surface area contributed by atoms with Crippen LogP contribution in [0.3, 0.4) is 0 Å². The fraction of sp³-hybridized carbons (Fsp3) is 0.323. The van der Waals surface area contributed by atoms with Crippen LogP contribution in [-0.2, 0) is 4.79 Å². The summed E-state index contributed by atoms with van der Waals surface area (Å²) < 4.78 is 47.0. The number of amides is 1. The largest absolute Gasteiger partial charge is 0.355 e. The van der Waals surface area contributed by atoms with Crippen LogP contribution < -0.4 is 10.6 Å². The number of carbonyl (C=O) groups excluding carboxylic acids is 1. The number of thioether (sulfide) groups is 1. The quantitative estimate of drug-likeness (QED) is 0.207. The maximum Gasteiger partial charge on any atom is 0.355 e. The molecule has 1 saturated heterocycles. The summed E-state index contributed by atoms with van der Waals surface area (Å²) >= 11 is 1.12. The van der Waals surface area contributed by atoms with Crippen molar-refractivity contribution in [1.82, 2.24) is 24.4 Å². The first-order valence-corrected chi connectivity index (χ1v) is 15.0. The van der Waals surface area contributed by atoms with E-state index in [1.807, 2.05) is 32.6 Å². The summed E-state index contributed by atoms with van der Waals surface area (Å²) in [5, 5.41) is 0.205. The Morgan fingerprint density at radius 2 is 1.88 bits per heavy atom. The Balaban J connectivity index is 1.86. The first-order chi connectivity index (χ1) is 20.5. The number of aromatic nitrogens is 4. The van der Waals surface area contributed by atoms with Crippen molar-refractivity contribution in [3.8, 4) is 16.9 Å². The van der Waals surface area contributed by atoms with Crippen molar-refractivity contribution in [2.45, 2.75) is 44.6 Å². The number of anilines is 1. The highest BCUT2D eigenvalue weighted by molar-refractivity contribution is 7.98. The number of hydrogen-bond acceptors (Lipinski definition) is 7. The molecule has 1 fully saturated rings. The van der Waals surface area contributed by atoms with E-state index in [2.05, 4.69) is 21.5 Å². The predicted octanol–water partition coefficient (Wildman–Crippen LogP) is 5.64. The predicted molar refractivity (Wildman–Crippen MR) is 162 cm³/mol. The Morgan fingerprint density at radius 3 is 2.53 bits per heavy atom. The molecule has 0 spiro atoms. The Hall–Kier alpha value is -4.19. The van der Waals surface area contributed by atoms with E-state index in [4.69, 9.17) is 0 Å². The molecule has 3 aromatic heterocycles. The number of carbonyl (C=O) groups is 1. The minimum Gasteiger partial charge on any atom is -0.350 e. The summed E-state index contributed by atoms with van der Waals surface area (Å²) in [7, 11) is 0. The van der Waals surface area contributed by atoms with E-state index in [-0.39, 0.29) is 45.2 Å². The molecule has 0 aliphatic carbocycles. The molecule has 0 bridgehead atoms. The average molecular weight is 609 g/mol. The van der Waals surface area contributed by atoms with E-state index in [1.165, 1.54) is 22.8 Å². The lowest BCUT2D eigenvalue weighted by Crippen LogP contribution is -2.54. The second-order valence-electron chi connectivity index (χ2n) is 10.7. The Labute approximate surface area is 251 Å². The average Bonchev–Trinajstić information content (AvgIpc) is 2.98. The van der Waals surface area contributed by atoms with Gasteiger partial charge in [-0.15, -0.1) is 11.8 Å². The summed E-state index contributed by atoms with van der Waals surface area (Å²) in [4.78, 5) is 43.5. The SMILES string of the molecule is C=CC(=O)N1CCN(c2nc(=O)n(-c3c(C)ccnc3C(C)C)c3nc(-c4c(SC)ccc(F)c4F)c(F)cc23)[C@@H](C)C1. The van der Waals surface area contributed by atoms with Crippen LogP contribution in [-0.4, -0.2) is 62.3 Å². The molecule has 0 unspecified atom stereocenters. The van der Waals surface area contributed by atoms with Crippen molar-refractivity contribution < 1.29 is 18.0 Å². The Morgan fingerprint density at radius 1 is 1.14 bits per heavy atom. The van der Waals surface area contributed by atoms with Gasteiger partial charge in [0.25, 0.3) is 0 Å². The molecule has 43 heavy (non-hydrogen) atoms. The highest BCUT2D eigenvalue weighted by Crippen LogP contribution is 2.38. The van der Waals surface area contributed by atoms with Gasteiger partial charge in [0, 0.05) is 36.8 Å². The molecule has 5 rings (SSSR count). The zero-order valence-electron chi connectivity index (χ0n) is 24.5. The van der Waals surface area contributed by atoms with Gasteiger partial charge >= 0.3 is 5.69 Å². The molecule has 0 saturated carbocycles. The Bertz CT molecular complexity index is 1830. The lowest BCUT2D eigenvalue weighted by Gasteiger charge is -2.40. The first-order valence-electron chi connectivity index (χ1n) is 13.8. The van der Waals surface area contributed by atoms with Gasteiger partial charge in [-0.25, -0.2) is 27.5 Å². The number of piperazine rings is 1. The number of aryl methyl sites for hydroxylation is 1. The van der Waals surface area contributed by atoms with Crippen molar-refractivity contribution >= 4 is 34.5 Å². The topological polar surface area (TPSA) is 84.2 Å². The lowest BCUT2D eigenvalue weighted by molar-refractivity contribution is -0.126. The normalized spacial score (nSPS) is 15.4. The van der Waals surface area contributed by atoms with Gasteiger partial charge in [0.2, 0.25) is 5.91 Å². The number of nitrogens with zero attached hydrogens (tertiary/aromatic N) is 6. The standard InChI is InChI=1S/C31H31F3N6O2S/c1-7-23(41)38-12-13-39(18(5)15-38)29-19-14-21(33)27(24-22(43-6)9-8-20(32)25(24)34)36-30(19)40(31(42)37-29)28-17(4)10-11-35-26(28)16(2)3/h7-11,14,16,18H,1,12-13,15H2,2-6H3/t18-/m0/s1. The summed E-state index contributed by atoms with van der Waals surface area (Å²) in [5.41, 5.74) is 0.315. The second-order valence-corrected chi connectivity index (χ2v) is 11.6. The van der Waals surface area contributed by atoms with Crippen LogP contribution >= 0.6 is 11.8 Å². The van der Waals surface area contributed by atoms with Gasteiger partial charge in [-0.3, -0.25) is 9.78 Å². The fourth-order valence-electron chi connectivity index (χ4n) is 5.51. The summed E-state index contributed by atoms with van der Waals surface area (Å²) in [6.45, 7) is 12.1. The maximum absolute atomic E-state index is 16.0. The van der Waals surface area contributed by atoms with Gasteiger partial charge in [0.1, 0.15) is 11.5 Å². The van der Waals surface area contributed by atoms with Crippen LogP contribution in [0, 0.1) is 24.4 Å². The van der Waals surface area contributed by atoms with E-state index in [9.17, 15) is 14.0 Å². The van der Waals surface area contributed by atoms with Crippen LogP contribution in [0.25, 0.3) is 28.0 Å². The number of pyridine rings is 2.